The van der Waals surface area contributed by atoms with E-state index >= 15 is 0 Å². The van der Waals surface area contributed by atoms with Gasteiger partial charge < -0.3 is 9.64 Å². The molecule has 0 N–H and O–H groups in total. The van der Waals surface area contributed by atoms with Crippen LogP contribution in [0, 0.1) is 5.92 Å². The lowest BCUT2D eigenvalue weighted by Gasteiger charge is -2.25. The van der Waals surface area contributed by atoms with Gasteiger partial charge in [-0.15, -0.1) is 0 Å². The summed E-state index contributed by atoms with van der Waals surface area (Å²) in [5.41, 5.74) is 0.251. The van der Waals surface area contributed by atoms with E-state index in [-0.39, 0.29) is 5.69 Å². The Morgan fingerprint density at radius 3 is 2.61 bits per heavy atom. The summed E-state index contributed by atoms with van der Waals surface area (Å²) in [5.74, 6) is 0.974. The van der Waals surface area contributed by atoms with Crippen LogP contribution in [-0.4, -0.2) is 35.6 Å². The van der Waals surface area contributed by atoms with E-state index in [0.29, 0.717) is 12.0 Å². The van der Waals surface area contributed by atoms with Crippen molar-refractivity contribution in [3.63, 3.8) is 0 Å². The van der Waals surface area contributed by atoms with Gasteiger partial charge in [-0.3, -0.25) is 0 Å². The molecule has 1 saturated carbocycles. The van der Waals surface area contributed by atoms with Crippen molar-refractivity contribution < 1.29 is 9.53 Å². The minimum atomic E-state index is -0.448. The number of esters is 1. The summed E-state index contributed by atoms with van der Waals surface area (Å²) in [7, 11) is 1.34. The van der Waals surface area contributed by atoms with Crippen LogP contribution in [0.1, 0.15) is 37.2 Å². The normalized spacial score (nSPS) is 14.7. The van der Waals surface area contributed by atoms with Gasteiger partial charge >= 0.3 is 5.97 Å². The first-order valence-corrected chi connectivity index (χ1v) is 6.28. The Labute approximate surface area is 107 Å². The van der Waals surface area contributed by atoms with E-state index in [1.54, 1.807) is 6.20 Å². The molecular formula is C13H19N3O2. The van der Waals surface area contributed by atoms with Gasteiger partial charge in [0, 0.05) is 12.6 Å². The molecule has 18 heavy (non-hydrogen) atoms. The molecule has 1 heterocycles. The molecule has 1 aliphatic carbocycles. The fourth-order valence-electron chi connectivity index (χ4n) is 1.89. The van der Waals surface area contributed by atoms with Crippen LogP contribution in [0.25, 0.3) is 0 Å². The second-order valence-corrected chi connectivity index (χ2v) is 5.03. The molecule has 0 aliphatic heterocycles. The lowest BCUT2D eigenvalue weighted by molar-refractivity contribution is 0.0593. The highest BCUT2D eigenvalue weighted by Gasteiger charge is 2.30. The number of hydrogen-bond donors (Lipinski definition) is 0. The molecular weight excluding hydrogens is 230 g/mol. The second-order valence-electron chi connectivity index (χ2n) is 5.03. The maximum absolute atomic E-state index is 11.3. The molecule has 0 saturated heterocycles. The molecule has 0 spiro atoms. The van der Waals surface area contributed by atoms with Crippen LogP contribution in [0.4, 0.5) is 5.82 Å². The third-order valence-electron chi connectivity index (χ3n) is 2.88. The van der Waals surface area contributed by atoms with Gasteiger partial charge in [0.15, 0.2) is 5.69 Å². The Morgan fingerprint density at radius 1 is 1.44 bits per heavy atom. The second kappa shape index (κ2) is 5.33. The highest BCUT2D eigenvalue weighted by Crippen LogP contribution is 2.30. The Bertz CT molecular complexity index is 413. The Kier molecular flexibility index (Phi) is 3.79. The van der Waals surface area contributed by atoms with Gasteiger partial charge in [0.25, 0.3) is 0 Å². The first kappa shape index (κ1) is 12.8. The first-order chi connectivity index (χ1) is 8.61. The molecule has 5 nitrogen and oxygen atoms in total. The zero-order chi connectivity index (χ0) is 13.1. The van der Waals surface area contributed by atoms with Crippen LogP contribution in [-0.2, 0) is 4.74 Å². The fourth-order valence-corrected chi connectivity index (χ4v) is 1.89. The van der Waals surface area contributed by atoms with Crippen molar-refractivity contribution in [3.05, 3.63) is 18.1 Å². The fraction of sp³-hybridized carbons (Fsp3) is 0.615. The molecule has 0 aromatic carbocycles. The van der Waals surface area contributed by atoms with E-state index in [2.05, 4.69) is 33.5 Å². The van der Waals surface area contributed by atoms with Crippen LogP contribution in [0.2, 0.25) is 0 Å². The van der Waals surface area contributed by atoms with Crippen molar-refractivity contribution in [1.82, 2.24) is 9.97 Å². The topological polar surface area (TPSA) is 55.3 Å². The number of rotatable bonds is 5. The van der Waals surface area contributed by atoms with Gasteiger partial charge in [0.05, 0.1) is 19.5 Å². The highest BCUT2D eigenvalue weighted by atomic mass is 16.5. The minimum Gasteiger partial charge on any atom is -0.464 e. The van der Waals surface area contributed by atoms with E-state index in [0.717, 1.165) is 12.4 Å². The molecule has 1 aromatic heterocycles. The molecule has 98 valence electrons. The number of methoxy groups -OCH3 is 1. The summed E-state index contributed by atoms with van der Waals surface area (Å²) in [6, 6.07) is 0.589. The van der Waals surface area contributed by atoms with Crippen molar-refractivity contribution in [2.75, 3.05) is 18.6 Å². The van der Waals surface area contributed by atoms with Crippen molar-refractivity contribution in [1.29, 1.82) is 0 Å². The molecule has 0 amide bonds. The van der Waals surface area contributed by atoms with Gasteiger partial charge in [-0.2, -0.15) is 0 Å². The smallest absolute Gasteiger partial charge is 0.358 e. The van der Waals surface area contributed by atoms with E-state index in [1.807, 2.05) is 0 Å². The van der Waals surface area contributed by atoms with Crippen molar-refractivity contribution in [3.8, 4) is 0 Å². The monoisotopic (exact) mass is 249 g/mol. The van der Waals surface area contributed by atoms with Gasteiger partial charge in [-0.05, 0) is 18.8 Å². The van der Waals surface area contributed by atoms with E-state index in [9.17, 15) is 4.79 Å². The maximum atomic E-state index is 11.3. The minimum absolute atomic E-state index is 0.251. The molecule has 0 atom stereocenters. The summed E-state index contributed by atoms with van der Waals surface area (Å²) in [6.07, 6.45) is 5.57. The van der Waals surface area contributed by atoms with Crippen LogP contribution in [0.3, 0.4) is 0 Å². The summed E-state index contributed by atoms with van der Waals surface area (Å²) < 4.78 is 4.61. The van der Waals surface area contributed by atoms with Crippen LogP contribution >= 0.6 is 0 Å². The lowest BCUT2D eigenvalue weighted by atomic mass is 10.2. The molecule has 1 aliphatic rings. The SMILES string of the molecule is COC(=O)c1cnc(N(CC(C)C)C2CC2)cn1. The Hall–Kier alpha value is -1.65. The van der Waals surface area contributed by atoms with Crippen molar-refractivity contribution in [2.45, 2.75) is 32.7 Å². The number of aromatic nitrogens is 2. The van der Waals surface area contributed by atoms with Crippen LogP contribution < -0.4 is 4.90 Å². The number of ether oxygens (including phenoxy) is 1. The number of nitrogens with zero attached hydrogens (tertiary/aromatic N) is 3. The summed E-state index contributed by atoms with van der Waals surface area (Å²) in [6.45, 7) is 5.34. The number of hydrogen-bond acceptors (Lipinski definition) is 5. The lowest BCUT2D eigenvalue weighted by Crippen LogP contribution is -2.30. The zero-order valence-corrected chi connectivity index (χ0v) is 11.1. The van der Waals surface area contributed by atoms with Crippen LogP contribution in [0.15, 0.2) is 12.4 Å². The molecule has 0 unspecified atom stereocenters. The molecule has 5 heteroatoms. The third kappa shape index (κ3) is 2.97. The summed E-state index contributed by atoms with van der Waals surface area (Å²) >= 11 is 0. The van der Waals surface area contributed by atoms with E-state index < -0.39 is 5.97 Å². The number of anilines is 1. The third-order valence-corrected chi connectivity index (χ3v) is 2.88. The average molecular weight is 249 g/mol. The molecule has 1 aromatic rings. The first-order valence-electron chi connectivity index (χ1n) is 6.28. The molecule has 0 radical (unpaired) electrons. The van der Waals surface area contributed by atoms with Gasteiger partial charge in [-0.1, -0.05) is 13.8 Å². The van der Waals surface area contributed by atoms with Crippen LogP contribution in [0.5, 0.6) is 0 Å². The molecule has 1 fully saturated rings. The predicted octanol–water partition coefficient (Wildman–Crippen LogP) is 1.89. The van der Waals surface area contributed by atoms with Crippen molar-refractivity contribution >= 4 is 11.8 Å². The zero-order valence-electron chi connectivity index (χ0n) is 11.1. The number of carbonyl (C=O) groups is 1. The quantitative estimate of drug-likeness (QED) is 0.746. The van der Waals surface area contributed by atoms with Gasteiger partial charge in [0.2, 0.25) is 0 Å². The highest BCUT2D eigenvalue weighted by molar-refractivity contribution is 5.86. The predicted molar refractivity (Wildman–Crippen MR) is 68.6 cm³/mol. The van der Waals surface area contributed by atoms with Crippen molar-refractivity contribution in [2.24, 2.45) is 5.92 Å². The summed E-state index contributed by atoms with van der Waals surface area (Å²) in [4.78, 5) is 22.0. The largest absolute Gasteiger partial charge is 0.464 e. The molecule has 0 bridgehead atoms. The van der Waals surface area contributed by atoms with E-state index in [4.69, 9.17) is 0 Å². The molecule has 2 rings (SSSR count). The Balaban J connectivity index is 2.13. The van der Waals surface area contributed by atoms with Gasteiger partial charge in [-0.25, -0.2) is 14.8 Å². The Morgan fingerprint density at radius 2 is 2.17 bits per heavy atom. The van der Waals surface area contributed by atoms with E-state index in [1.165, 1.54) is 26.1 Å². The average Bonchev–Trinajstić information content (AvgIpc) is 3.19. The maximum Gasteiger partial charge on any atom is 0.358 e. The summed E-state index contributed by atoms with van der Waals surface area (Å²) in [5, 5.41) is 0. The van der Waals surface area contributed by atoms with Gasteiger partial charge in [0.1, 0.15) is 5.82 Å². The number of carbonyl (C=O) groups excluding carboxylic acids is 1. The standard InChI is InChI=1S/C13H19N3O2/c1-9(2)8-16(10-4-5-10)12-7-14-11(6-15-12)13(17)18-3/h6-7,9-10H,4-5,8H2,1-3H3.